The SMILES string of the molecule is CC(C)c1nc(N2CCC(C(C)N)CC2)cc(=O)[nH]1. The fourth-order valence-corrected chi connectivity index (χ4v) is 2.55. The van der Waals surface area contributed by atoms with Crippen LogP contribution in [-0.2, 0) is 0 Å². The predicted molar refractivity (Wildman–Crippen MR) is 77.5 cm³/mol. The van der Waals surface area contributed by atoms with Crippen LogP contribution in [0.1, 0.15) is 45.4 Å². The minimum atomic E-state index is -0.0667. The Bertz CT molecular complexity index is 473. The van der Waals surface area contributed by atoms with E-state index >= 15 is 0 Å². The number of rotatable bonds is 3. The quantitative estimate of drug-likeness (QED) is 0.866. The summed E-state index contributed by atoms with van der Waals surface area (Å²) in [6.07, 6.45) is 2.15. The molecule has 0 aliphatic carbocycles. The molecule has 0 radical (unpaired) electrons. The molecule has 1 saturated heterocycles. The first-order chi connectivity index (χ1) is 8.97. The molecule has 5 heteroatoms. The van der Waals surface area contributed by atoms with E-state index in [1.165, 1.54) is 0 Å². The van der Waals surface area contributed by atoms with Crippen molar-refractivity contribution in [3.63, 3.8) is 0 Å². The van der Waals surface area contributed by atoms with Gasteiger partial charge in [0.15, 0.2) is 0 Å². The molecule has 3 N–H and O–H groups in total. The normalized spacial score (nSPS) is 18.9. The highest BCUT2D eigenvalue weighted by atomic mass is 16.1. The summed E-state index contributed by atoms with van der Waals surface area (Å²) in [5, 5.41) is 0. The average Bonchev–Trinajstić information content (AvgIpc) is 2.38. The molecule has 5 nitrogen and oxygen atoms in total. The number of nitrogens with zero attached hydrogens (tertiary/aromatic N) is 2. The number of hydrogen-bond acceptors (Lipinski definition) is 4. The van der Waals surface area contributed by atoms with Gasteiger partial charge >= 0.3 is 0 Å². The number of nitrogens with two attached hydrogens (primary N) is 1. The van der Waals surface area contributed by atoms with E-state index in [0.29, 0.717) is 5.92 Å². The van der Waals surface area contributed by atoms with Gasteiger partial charge in [-0.25, -0.2) is 4.98 Å². The predicted octanol–water partition coefficient (Wildman–Crippen LogP) is 1.46. The fraction of sp³-hybridized carbons (Fsp3) is 0.714. The summed E-state index contributed by atoms with van der Waals surface area (Å²) in [5.74, 6) is 2.38. The lowest BCUT2D eigenvalue weighted by molar-refractivity contribution is 0.353. The van der Waals surface area contributed by atoms with Crippen molar-refractivity contribution < 1.29 is 0 Å². The maximum atomic E-state index is 11.7. The first kappa shape index (κ1) is 14.1. The molecule has 1 fully saturated rings. The molecule has 0 spiro atoms. The molecule has 1 aliphatic heterocycles. The monoisotopic (exact) mass is 264 g/mol. The Morgan fingerprint density at radius 2 is 2.00 bits per heavy atom. The molecule has 2 rings (SSSR count). The van der Waals surface area contributed by atoms with Crippen LogP contribution in [0, 0.1) is 5.92 Å². The van der Waals surface area contributed by atoms with Gasteiger partial charge in [0.2, 0.25) is 0 Å². The van der Waals surface area contributed by atoms with Crippen molar-refractivity contribution in [2.45, 2.75) is 45.6 Å². The minimum absolute atomic E-state index is 0.0667. The van der Waals surface area contributed by atoms with Crippen LogP contribution in [0.15, 0.2) is 10.9 Å². The lowest BCUT2D eigenvalue weighted by Crippen LogP contribution is -2.40. The van der Waals surface area contributed by atoms with Crippen molar-refractivity contribution in [1.29, 1.82) is 0 Å². The van der Waals surface area contributed by atoms with Gasteiger partial charge in [-0.2, -0.15) is 0 Å². The third-order valence-corrected chi connectivity index (χ3v) is 3.90. The zero-order valence-electron chi connectivity index (χ0n) is 12.0. The van der Waals surface area contributed by atoms with Crippen LogP contribution in [0.5, 0.6) is 0 Å². The van der Waals surface area contributed by atoms with Crippen molar-refractivity contribution >= 4 is 5.82 Å². The van der Waals surface area contributed by atoms with E-state index in [9.17, 15) is 4.79 Å². The molecular weight excluding hydrogens is 240 g/mol. The number of anilines is 1. The molecule has 1 aliphatic rings. The molecule has 19 heavy (non-hydrogen) atoms. The number of nitrogens with one attached hydrogen (secondary N) is 1. The Hall–Kier alpha value is -1.36. The van der Waals surface area contributed by atoms with Gasteiger partial charge in [0.05, 0.1) is 0 Å². The first-order valence-electron chi connectivity index (χ1n) is 7.09. The van der Waals surface area contributed by atoms with Crippen molar-refractivity contribution in [1.82, 2.24) is 9.97 Å². The number of aromatic amines is 1. The maximum absolute atomic E-state index is 11.7. The van der Waals surface area contributed by atoms with E-state index in [0.717, 1.165) is 37.6 Å². The van der Waals surface area contributed by atoms with E-state index < -0.39 is 0 Å². The maximum Gasteiger partial charge on any atom is 0.252 e. The zero-order valence-corrected chi connectivity index (χ0v) is 12.0. The van der Waals surface area contributed by atoms with Crippen LogP contribution in [0.2, 0.25) is 0 Å². The van der Waals surface area contributed by atoms with Gasteiger partial charge in [0.25, 0.3) is 5.56 Å². The van der Waals surface area contributed by atoms with Crippen LogP contribution in [-0.4, -0.2) is 29.1 Å². The van der Waals surface area contributed by atoms with Gasteiger partial charge in [-0.05, 0) is 25.7 Å². The van der Waals surface area contributed by atoms with E-state index in [4.69, 9.17) is 5.73 Å². The number of hydrogen-bond donors (Lipinski definition) is 2. The van der Waals surface area contributed by atoms with E-state index in [2.05, 4.69) is 21.8 Å². The zero-order chi connectivity index (χ0) is 14.0. The summed E-state index contributed by atoms with van der Waals surface area (Å²) in [6.45, 7) is 8.00. The molecular formula is C14H24N4O. The van der Waals surface area contributed by atoms with Crippen LogP contribution in [0.3, 0.4) is 0 Å². The second kappa shape index (κ2) is 5.74. The first-order valence-corrected chi connectivity index (χ1v) is 7.09. The van der Waals surface area contributed by atoms with Gasteiger partial charge in [0.1, 0.15) is 11.6 Å². The van der Waals surface area contributed by atoms with Gasteiger partial charge in [0, 0.05) is 31.1 Å². The molecule has 0 amide bonds. The Morgan fingerprint density at radius 3 is 2.53 bits per heavy atom. The summed E-state index contributed by atoms with van der Waals surface area (Å²) in [7, 11) is 0. The molecule has 0 aromatic carbocycles. The average molecular weight is 264 g/mol. The highest BCUT2D eigenvalue weighted by molar-refractivity contribution is 5.38. The summed E-state index contributed by atoms with van der Waals surface area (Å²) in [6, 6.07) is 1.85. The van der Waals surface area contributed by atoms with Crippen molar-refractivity contribution in [2.75, 3.05) is 18.0 Å². The number of aromatic nitrogens is 2. The van der Waals surface area contributed by atoms with Gasteiger partial charge in [-0.15, -0.1) is 0 Å². The second-order valence-electron chi connectivity index (χ2n) is 5.83. The lowest BCUT2D eigenvalue weighted by atomic mass is 9.91. The third kappa shape index (κ3) is 3.35. The standard InChI is InChI=1S/C14H24N4O/c1-9(2)14-16-12(8-13(19)17-14)18-6-4-11(5-7-18)10(3)15/h8-11H,4-7,15H2,1-3H3,(H,16,17,19). The van der Waals surface area contributed by atoms with Gasteiger partial charge < -0.3 is 15.6 Å². The van der Waals surface area contributed by atoms with Crippen molar-refractivity contribution in [3.8, 4) is 0 Å². The molecule has 1 unspecified atom stereocenters. The molecule has 0 saturated carbocycles. The second-order valence-corrected chi connectivity index (χ2v) is 5.83. The lowest BCUT2D eigenvalue weighted by Gasteiger charge is -2.34. The van der Waals surface area contributed by atoms with Gasteiger partial charge in [-0.1, -0.05) is 13.8 Å². The summed E-state index contributed by atoms with van der Waals surface area (Å²) < 4.78 is 0. The highest BCUT2D eigenvalue weighted by Gasteiger charge is 2.23. The number of piperidine rings is 1. The smallest absolute Gasteiger partial charge is 0.252 e. The highest BCUT2D eigenvalue weighted by Crippen LogP contribution is 2.23. The molecule has 1 aromatic rings. The van der Waals surface area contributed by atoms with Crippen LogP contribution in [0.4, 0.5) is 5.82 Å². The van der Waals surface area contributed by atoms with Crippen LogP contribution in [0.25, 0.3) is 0 Å². The van der Waals surface area contributed by atoms with Crippen LogP contribution < -0.4 is 16.2 Å². The summed E-state index contributed by atoms with van der Waals surface area (Å²) in [4.78, 5) is 21.2. The summed E-state index contributed by atoms with van der Waals surface area (Å²) in [5.41, 5.74) is 5.88. The summed E-state index contributed by atoms with van der Waals surface area (Å²) >= 11 is 0. The largest absolute Gasteiger partial charge is 0.356 e. The van der Waals surface area contributed by atoms with E-state index in [1.54, 1.807) is 6.07 Å². The Labute approximate surface area is 114 Å². The van der Waals surface area contributed by atoms with Crippen molar-refractivity contribution in [3.05, 3.63) is 22.2 Å². The van der Waals surface area contributed by atoms with E-state index in [-0.39, 0.29) is 17.5 Å². The Morgan fingerprint density at radius 1 is 1.37 bits per heavy atom. The topological polar surface area (TPSA) is 75.0 Å². The molecule has 1 atom stereocenters. The fourth-order valence-electron chi connectivity index (χ4n) is 2.55. The minimum Gasteiger partial charge on any atom is -0.356 e. The van der Waals surface area contributed by atoms with Crippen LogP contribution >= 0.6 is 0 Å². The van der Waals surface area contributed by atoms with E-state index in [1.807, 2.05) is 13.8 Å². The molecule has 0 bridgehead atoms. The third-order valence-electron chi connectivity index (χ3n) is 3.90. The molecule has 106 valence electrons. The Kier molecular flexibility index (Phi) is 4.24. The van der Waals surface area contributed by atoms with Gasteiger partial charge in [-0.3, -0.25) is 4.79 Å². The molecule has 2 heterocycles. The van der Waals surface area contributed by atoms with Crippen molar-refractivity contribution in [2.24, 2.45) is 11.7 Å². The molecule has 1 aromatic heterocycles. The Balaban J connectivity index is 2.13. The number of H-pyrrole nitrogens is 1.